The lowest BCUT2D eigenvalue weighted by atomic mass is 9.89. The Morgan fingerprint density at radius 2 is 1.96 bits per heavy atom. The van der Waals surface area contributed by atoms with E-state index in [1.165, 1.54) is 25.7 Å². The van der Waals surface area contributed by atoms with Crippen molar-refractivity contribution in [3.63, 3.8) is 0 Å². The number of rotatable bonds is 6. The van der Waals surface area contributed by atoms with Gasteiger partial charge in [0, 0.05) is 32.7 Å². The first-order chi connectivity index (χ1) is 11.6. The predicted molar refractivity (Wildman–Crippen MR) is 115 cm³/mol. The molecule has 1 aliphatic carbocycles. The second-order valence-electron chi connectivity index (χ2n) is 6.90. The molecule has 3 N–H and O–H groups in total. The summed E-state index contributed by atoms with van der Waals surface area (Å²) in [6.45, 7) is 4.11. The number of nitrogens with zero attached hydrogens (tertiary/aromatic N) is 1. The lowest BCUT2D eigenvalue weighted by Gasteiger charge is -2.25. The van der Waals surface area contributed by atoms with Gasteiger partial charge < -0.3 is 16.0 Å². The van der Waals surface area contributed by atoms with Crippen LogP contribution < -0.4 is 16.0 Å². The zero-order chi connectivity index (χ0) is 17.4. The minimum atomic E-state index is -0.0490. The molecular weight excluding hydrogens is 427 g/mol. The molecule has 140 valence electrons. The summed E-state index contributed by atoms with van der Waals surface area (Å²) in [6.07, 6.45) is 6.12. The Labute approximate surface area is 168 Å². The SMILES string of the molecule is CN=C(NCCc1cccc(C(=O)NC)c1)NCC1(C)CCCC1.I. The van der Waals surface area contributed by atoms with Crippen molar-refractivity contribution >= 4 is 35.8 Å². The Kier molecular flexibility index (Phi) is 9.24. The minimum Gasteiger partial charge on any atom is -0.356 e. The molecule has 0 saturated heterocycles. The average molecular weight is 458 g/mol. The molecule has 0 aliphatic heterocycles. The molecule has 0 bridgehead atoms. The second kappa shape index (κ2) is 10.6. The zero-order valence-corrected chi connectivity index (χ0v) is 17.9. The zero-order valence-electron chi connectivity index (χ0n) is 15.5. The van der Waals surface area contributed by atoms with Crippen LogP contribution in [0.2, 0.25) is 0 Å². The van der Waals surface area contributed by atoms with Gasteiger partial charge in [-0.15, -0.1) is 24.0 Å². The maximum absolute atomic E-state index is 11.7. The molecule has 1 saturated carbocycles. The summed E-state index contributed by atoms with van der Waals surface area (Å²) < 4.78 is 0. The topological polar surface area (TPSA) is 65.5 Å². The van der Waals surface area contributed by atoms with E-state index >= 15 is 0 Å². The van der Waals surface area contributed by atoms with Crippen molar-refractivity contribution in [2.45, 2.75) is 39.0 Å². The molecule has 1 aliphatic rings. The molecule has 0 spiro atoms. The molecule has 5 nitrogen and oxygen atoms in total. The van der Waals surface area contributed by atoms with Crippen molar-refractivity contribution in [3.05, 3.63) is 35.4 Å². The van der Waals surface area contributed by atoms with Crippen LogP contribution in [0.5, 0.6) is 0 Å². The van der Waals surface area contributed by atoms with Crippen molar-refractivity contribution in [1.29, 1.82) is 0 Å². The van der Waals surface area contributed by atoms with Gasteiger partial charge in [0.25, 0.3) is 5.91 Å². The number of aliphatic imine (C=N–C) groups is 1. The number of halogens is 1. The van der Waals surface area contributed by atoms with E-state index in [0.29, 0.717) is 11.0 Å². The number of hydrogen-bond donors (Lipinski definition) is 3. The van der Waals surface area contributed by atoms with Crippen LogP contribution in [0.4, 0.5) is 0 Å². The van der Waals surface area contributed by atoms with Crippen LogP contribution in [-0.2, 0) is 6.42 Å². The lowest BCUT2D eigenvalue weighted by Crippen LogP contribution is -2.42. The van der Waals surface area contributed by atoms with Gasteiger partial charge in [-0.3, -0.25) is 9.79 Å². The van der Waals surface area contributed by atoms with Crippen LogP contribution in [0.3, 0.4) is 0 Å². The number of guanidine groups is 1. The molecule has 1 fully saturated rings. The van der Waals surface area contributed by atoms with Gasteiger partial charge in [-0.1, -0.05) is 31.9 Å². The molecule has 25 heavy (non-hydrogen) atoms. The standard InChI is InChI=1S/C19H30N4O.HI/c1-19(10-4-5-11-19)14-23-18(21-3)22-12-9-15-7-6-8-16(13-15)17(24)20-2;/h6-8,13H,4-5,9-12,14H2,1-3H3,(H,20,24)(H2,21,22,23);1H. The number of nitrogens with one attached hydrogen (secondary N) is 3. The molecule has 1 aromatic carbocycles. The van der Waals surface area contributed by atoms with E-state index in [-0.39, 0.29) is 29.9 Å². The Hall–Kier alpha value is -1.31. The minimum absolute atomic E-state index is 0. The van der Waals surface area contributed by atoms with Crippen molar-refractivity contribution in [1.82, 2.24) is 16.0 Å². The maximum atomic E-state index is 11.7. The van der Waals surface area contributed by atoms with E-state index in [1.54, 1.807) is 14.1 Å². The molecule has 0 atom stereocenters. The van der Waals surface area contributed by atoms with E-state index in [1.807, 2.05) is 24.3 Å². The highest BCUT2D eigenvalue weighted by Crippen LogP contribution is 2.36. The van der Waals surface area contributed by atoms with Gasteiger partial charge >= 0.3 is 0 Å². The van der Waals surface area contributed by atoms with Crippen molar-refractivity contribution in [3.8, 4) is 0 Å². The Morgan fingerprint density at radius 3 is 2.60 bits per heavy atom. The van der Waals surface area contributed by atoms with Crippen molar-refractivity contribution in [2.24, 2.45) is 10.4 Å². The van der Waals surface area contributed by atoms with E-state index in [0.717, 1.165) is 31.0 Å². The van der Waals surface area contributed by atoms with Gasteiger partial charge in [-0.2, -0.15) is 0 Å². The first kappa shape index (κ1) is 21.7. The predicted octanol–water partition coefficient (Wildman–Crippen LogP) is 2.95. The van der Waals surface area contributed by atoms with Crippen LogP contribution in [0.25, 0.3) is 0 Å². The quantitative estimate of drug-likeness (QED) is 0.349. The summed E-state index contributed by atoms with van der Waals surface area (Å²) in [5, 5.41) is 9.47. The van der Waals surface area contributed by atoms with Crippen LogP contribution in [-0.4, -0.2) is 39.1 Å². The van der Waals surface area contributed by atoms with Crippen LogP contribution in [0.15, 0.2) is 29.3 Å². The van der Waals surface area contributed by atoms with Crippen LogP contribution >= 0.6 is 24.0 Å². The molecule has 0 heterocycles. The smallest absolute Gasteiger partial charge is 0.251 e. The van der Waals surface area contributed by atoms with Crippen LogP contribution in [0, 0.1) is 5.41 Å². The monoisotopic (exact) mass is 458 g/mol. The maximum Gasteiger partial charge on any atom is 0.251 e. The normalized spacial score (nSPS) is 16.0. The molecular formula is C19H31IN4O. The number of amides is 1. The molecule has 2 rings (SSSR count). The molecule has 1 amide bonds. The molecule has 0 radical (unpaired) electrons. The Bertz CT molecular complexity index is 583. The first-order valence-electron chi connectivity index (χ1n) is 8.82. The fourth-order valence-corrected chi connectivity index (χ4v) is 3.26. The highest BCUT2D eigenvalue weighted by Gasteiger charge is 2.28. The fraction of sp³-hybridized carbons (Fsp3) is 0.579. The van der Waals surface area contributed by atoms with E-state index in [2.05, 4.69) is 27.9 Å². The molecule has 1 aromatic rings. The van der Waals surface area contributed by atoms with Gasteiger partial charge in [0.05, 0.1) is 0 Å². The fourth-order valence-electron chi connectivity index (χ4n) is 3.26. The number of carbonyl (C=O) groups excluding carboxylic acids is 1. The highest BCUT2D eigenvalue weighted by atomic mass is 127. The molecule has 0 unspecified atom stereocenters. The first-order valence-corrected chi connectivity index (χ1v) is 8.82. The Balaban J connectivity index is 0.00000312. The summed E-state index contributed by atoms with van der Waals surface area (Å²) in [7, 11) is 3.45. The van der Waals surface area contributed by atoms with Crippen LogP contribution in [0.1, 0.15) is 48.5 Å². The third-order valence-electron chi connectivity index (χ3n) is 4.84. The summed E-state index contributed by atoms with van der Waals surface area (Å²) in [4.78, 5) is 16.0. The lowest BCUT2D eigenvalue weighted by molar-refractivity contribution is 0.0963. The Morgan fingerprint density at radius 1 is 1.24 bits per heavy atom. The van der Waals surface area contributed by atoms with Gasteiger partial charge in [-0.25, -0.2) is 0 Å². The summed E-state index contributed by atoms with van der Waals surface area (Å²) in [5.41, 5.74) is 2.24. The third kappa shape index (κ3) is 6.84. The van der Waals surface area contributed by atoms with Gasteiger partial charge in [0.2, 0.25) is 0 Å². The van der Waals surface area contributed by atoms with E-state index in [9.17, 15) is 4.79 Å². The number of hydrogen-bond acceptors (Lipinski definition) is 2. The average Bonchev–Trinajstić information content (AvgIpc) is 3.04. The van der Waals surface area contributed by atoms with Crippen molar-refractivity contribution in [2.75, 3.05) is 27.2 Å². The summed E-state index contributed by atoms with van der Waals surface area (Å²) in [6, 6.07) is 7.74. The van der Waals surface area contributed by atoms with Gasteiger partial charge in [0.15, 0.2) is 5.96 Å². The number of benzene rings is 1. The largest absolute Gasteiger partial charge is 0.356 e. The van der Waals surface area contributed by atoms with E-state index < -0.39 is 0 Å². The summed E-state index contributed by atoms with van der Waals surface area (Å²) in [5.74, 6) is 0.803. The van der Waals surface area contributed by atoms with Crippen molar-refractivity contribution < 1.29 is 4.79 Å². The van der Waals surface area contributed by atoms with E-state index in [4.69, 9.17) is 0 Å². The highest BCUT2D eigenvalue weighted by molar-refractivity contribution is 14.0. The molecule has 0 aromatic heterocycles. The molecule has 6 heteroatoms. The van der Waals surface area contributed by atoms with Gasteiger partial charge in [-0.05, 0) is 42.4 Å². The number of carbonyl (C=O) groups is 1. The third-order valence-corrected chi connectivity index (χ3v) is 4.84. The second-order valence-corrected chi connectivity index (χ2v) is 6.90. The summed E-state index contributed by atoms with van der Waals surface area (Å²) >= 11 is 0. The van der Waals surface area contributed by atoms with Gasteiger partial charge in [0.1, 0.15) is 0 Å².